The lowest BCUT2D eigenvalue weighted by Crippen LogP contribution is -2.55. The van der Waals surface area contributed by atoms with E-state index in [-0.39, 0.29) is 42.4 Å². The van der Waals surface area contributed by atoms with Gasteiger partial charge in [0.25, 0.3) is 5.91 Å². The van der Waals surface area contributed by atoms with Crippen molar-refractivity contribution in [3.05, 3.63) is 83.2 Å². The van der Waals surface area contributed by atoms with E-state index in [1.165, 1.54) is 28.2 Å². The number of β-lactam (4-membered cyclic amide) rings is 1. The van der Waals surface area contributed by atoms with E-state index in [0.717, 1.165) is 29.8 Å². The summed E-state index contributed by atoms with van der Waals surface area (Å²) in [5.74, 6) is -0.221. The van der Waals surface area contributed by atoms with Crippen LogP contribution in [0.15, 0.2) is 72.0 Å². The molecule has 2 fully saturated rings. The van der Waals surface area contributed by atoms with Gasteiger partial charge in [-0.3, -0.25) is 24.0 Å². The van der Waals surface area contributed by atoms with Crippen molar-refractivity contribution in [2.24, 2.45) is 5.92 Å². The Morgan fingerprint density at radius 1 is 1.09 bits per heavy atom. The molecule has 13 heteroatoms. The maximum absolute atomic E-state index is 15.3. The normalized spacial score (nSPS) is 23.6. The third-order valence-electron chi connectivity index (χ3n) is 11.6. The molecule has 4 heterocycles. The number of fused-ring (bicyclic) bond motifs is 2. The average Bonchev–Trinajstić information content (AvgIpc) is 3.78. The Morgan fingerprint density at radius 3 is 2.49 bits per heavy atom. The number of esters is 1. The molecule has 12 nitrogen and oxygen atoms in total. The summed E-state index contributed by atoms with van der Waals surface area (Å²) in [6.07, 6.45) is 8.09. The van der Waals surface area contributed by atoms with Crippen LogP contribution in [-0.4, -0.2) is 78.6 Å². The van der Waals surface area contributed by atoms with Crippen LogP contribution in [0, 0.1) is 5.92 Å². The molecule has 294 valence electrons. The van der Waals surface area contributed by atoms with Crippen molar-refractivity contribution in [2.75, 3.05) is 30.1 Å². The summed E-state index contributed by atoms with van der Waals surface area (Å²) in [4.78, 5) is 43.6. The van der Waals surface area contributed by atoms with Gasteiger partial charge in [0.05, 0.1) is 39.1 Å². The number of ether oxygens (including phenoxy) is 3. The van der Waals surface area contributed by atoms with Crippen molar-refractivity contribution in [1.82, 2.24) is 15.0 Å². The SMILES string of the molecule is COc1ccc([Si](C)(C)[C@@H]2[C@@H](CCn3cc(CCO)nn3)O[C@]3(C(=O)N(C/C=C(\C)CCC=C(C)C)c4ccc(N5C(=O)CC5OC(C)=O)cc43)[C@H]2C)cc1. The molecule has 1 unspecified atom stereocenters. The fourth-order valence-electron chi connectivity index (χ4n) is 8.76. The van der Waals surface area contributed by atoms with Gasteiger partial charge in [-0.25, -0.2) is 0 Å². The molecule has 0 saturated carbocycles. The number of allylic oxidation sites excluding steroid dienone is 3. The van der Waals surface area contributed by atoms with Gasteiger partial charge in [0.2, 0.25) is 5.91 Å². The molecule has 2 saturated heterocycles. The lowest BCUT2D eigenvalue weighted by molar-refractivity contribution is -0.153. The average molecular weight is 770 g/mol. The number of anilines is 2. The van der Waals surface area contributed by atoms with Crippen LogP contribution >= 0.6 is 0 Å². The number of hydrogen-bond acceptors (Lipinski definition) is 9. The van der Waals surface area contributed by atoms with Crippen LogP contribution in [0.1, 0.15) is 71.6 Å². The number of rotatable bonds is 15. The summed E-state index contributed by atoms with van der Waals surface area (Å²) >= 11 is 0. The van der Waals surface area contributed by atoms with Crippen molar-refractivity contribution in [3.8, 4) is 5.75 Å². The molecule has 55 heavy (non-hydrogen) atoms. The van der Waals surface area contributed by atoms with E-state index in [9.17, 15) is 14.7 Å². The van der Waals surface area contributed by atoms with Crippen LogP contribution in [0.3, 0.4) is 0 Å². The first kappa shape index (κ1) is 40.1. The molecule has 3 aliphatic heterocycles. The van der Waals surface area contributed by atoms with Crippen LogP contribution < -0.4 is 19.7 Å². The zero-order valence-electron chi connectivity index (χ0n) is 33.4. The van der Waals surface area contributed by atoms with Gasteiger partial charge in [-0.1, -0.05) is 65.8 Å². The molecular formula is C42H55N5O7Si. The van der Waals surface area contributed by atoms with Gasteiger partial charge in [0.15, 0.2) is 11.8 Å². The summed E-state index contributed by atoms with van der Waals surface area (Å²) in [5.41, 5.74) is 3.86. The van der Waals surface area contributed by atoms with Crippen LogP contribution in [0.2, 0.25) is 18.6 Å². The minimum atomic E-state index is -2.42. The molecule has 0 aliphatic carbocycles. The summed E-state index contributed by atoms with van der Waals surface area (Å²) in [5, 5.41) is 19.2. The maximum atomic E-state index is 15.3. The monoisotopic (exact) mass is 769 g/mol. The van der Waals surface area contributed by atoms with E-state index < -0.39 is 25.9 Å². The van der Waals surface area contributed by atoms with Gasteiger partial charge < -0.3 is 24.2 Å². The van der Waals surface area contributed by atoms with Crippen molar-refractivity contribution in [1.29, 1.82) is 0 Å². The standard InChI is InChI=1S/C42H55N5O7Si/c1-27(2)10-9-11-28(3)18-22-46-36-17-12-32(47-38(50)25-39(47)53-30(5)49)24-35(36)42(41(46)51)29(4)40(55(7,8)34-15-13-33(52-6)14-16-34)37(54-42)19-21-45-26-31(20-23-48)43-44-45/h10,12-18,24,26,29,37,39-40,48H,9,11,19-23,25H2,1-8H3/b28-18+/t29-,37+,39?,40-,42+/m0/s1. The second-order valence-electron chi connectivity index (χ2n) is 15.9. The van der Waals surface area contributed by atoms with Crippen LogP contribution in [0.4, 0.5) is 11.4 Å². The quantitative estimate of drug-likeness (QED) is 0.0882. The Balaban J connectivity index is 1.44. The number of aryl methyl sites for hydroxylation is 1. The van der Waals surface area contributed by atoms with Gasteiger partial charge in [0.1, 0.15) is 5.75 Å². The number of methoxy groups -OCH3 is 1. The molecule has 1 spiro atoms. The molecule has 5 atom stereocenters. The fourth-order valence-corrected chi connectivity index (χ4v) is 12.8. The number of carbonyl (C=O) groups excluding carboxylic acids is 3. The van der Waals surface area contributed by atoms with E-state index in [1.54, 1.807) is 11.8 Å². The zero-order chi connectivity index (χ0) is 39.7. The summed E-state index contributed by atoms with van der Waals surface area (Å²) in [7, 11) is -0.763. The molecular weight excluding hydrogens is 715 g/mol. The summed E-state index contributed by atoms with van der Waals surface area (Å²) < 4.78 is 20.1. The van der Waals surface area contributed by atoms with Gasteiger partial charge in [-0.15, -0.1) is 5.10 Å². The Kier molecular flexibility index (Phi) is 11.8. The van der Waals surface area contributed by atoms with Crippen LogP contribution in [0.25, 0.3) is 0 Å². The number of amides is 2. The minimum absolute atomic E-state index is 0.0109. The maximum Gasteiger partial charge on any atom is 0.304 e. The highest BCUT2D eigenvalue weighted by molar-refractivity contribution is 6.91. The Morgan fingerprint density at radius 2 is 1.84 bits per heavy atom. The Bertz CT molecular complexity index is 1970. The molecule has 2 amide bonds. The number of nitrogens with zero attached hydrogens (tertiary/aromatic N) is 5. The third kappa shape index (κ3) is 7.79. The number of hydrogen-bond donors (Lipinski definition) is 1. The number of benzene rings is 2. The first-order chi connectivity index (χ1) is 26.2. The van der Waals surface area contributed by atoms with Gasteiger partial charge in [0, 0.05) is 56.4 Å². The van der Waals surface area contributed by atoms with E-state index in [1.807, 2.05) is 41.4 Å². The molecule has 0 radical (unpaired) electrons. The smallest absolute Gasteiger partial charge is 0.304 e. The van der Waals surface area contributed by atoms with Gasteiger partial charge in [-0.05, 0) is 75.9 Å². The van der Waals surface area contributed by atoms with Crippen LogP contribution in [-0.2, 0) is 42.4 Å². The molecule has 1 N–H and O–H groups in total. The Hall–Kier alpha value is -4.59. The lowest BCUT2D eigenvalue weighted by atomic mass is 9.82. The first-order valence-corrected chi connectivity index (χ1v) is 22.4. The van der Waals surface area contributed by atoms with Gasteiger partial charge in [-0.2, -0.15) is 0 Å². The van der Waals surface area contributed by atoms with E-state index in [4.69, 9.17) is 14.2 Å². The van der Waals surface area contributed by atoms with E-state index in [2.05, 4.69) is 75.4 Å². The number of aromatic nitrogens is 3. The molecule has 1 aromatic heterocycles. The molecule has 6 rings (SSSR count). The molecule has 0 bridgehead atoms. The minimum Gasteiger partial charge on any atom is -0.497 e. The highest BCUT2D eigenvalue weighted by Gasteiger charge is 2.66. The molecule has 2 aromatic carbocycles. The van der Waals surface area contributed by atoms with Gasteiger partial charge >= 0.3 is 5.97 Å². The predicted molar refractivity (Wildman–Crippen MR) is 214 cm³/mol. The number of carbonyl (C=O) groups is 3. The topological polar surface area (TPSA) is 136 Å². The second-order valence-corrected chi connectivity index (χ2v) is 20.6. The van der Waals surface area contributed by atoms with Crippen molar-refractivity contribution in [2.45, 2.75) is 110 Å². The van der Waals surface area contributed by atoms with Crippen molar-refractivity contribution in [3.63, 3.8) is 0 Å². The largest absolute Gasteiger partial charge is 0.497 e. The van der Waals surface area contributed by atoms with Crippen molar-refractivity contribution >= 4 is 42.4 Å². The highest BCUT2D eigenvalue weighted by Crippen LogP contribution is 2.60. The lowest BCUT2D eigenvalue weighted by Gasteiger charge is -2.39. The summed E-state index contributed by atoms with van der Waals surface area (Å²) in [6.45, 7) is 15.3. The molecule has 3 aliphatic rings. The number of aliphatic hydroxyl groups is 1. The molecule has 3 aromatic rings. The van der Waals surface area contributed by atoms with Crippen molar-refractivity contribution < 1.29 is 33.7 Å². The fraction of sp³-hybridized carbons (Fsp3) is 0.500. The third-order valence-corrected chi connectivity index (χ3v) is 16.0. The van der Waals surface area contributed by atoms with Crippen LogP contribution in [0.5, 0.6) is 5.75 Å². The predicted octanol–water partition coefficient (Wildman–Crippen LogP) is 5.79. The van der Waals surface area contributed by atoms with E-state index in [0.29, 0.717) is 37.3 Å². The highest BCUT2D eigenvalue weighted by atomic mass is 28.3. The summed E-state index contributed by atoms with van der Waals surface area (Å²) in [6, 6.07) is 13.9. The Labute approximate surface area is 325 Å². The second kappa shape index (κ2) is 16.2. The van der Waals surface area contributed by atoms with E-state index >= 15 is 4.79 Å². The first-order valence-electron chi connectivity index (χ1n) is 19.3. The zero-order valence-corrected chi connectivity index (χ0v) is 34.4. The number of aliphatic hydroxyl groups excluding tert-OH is 1.